The number of nitrogens with zero attached hydrogens (tertiary/aromatic N) is 1. The summed E-state index contributed by atoms with van der Waals surface area (Å²) in [5, 5.41) is 13.9. The van der Waals surface area contributed by atoms with Crippen LogP contribution in [0, 0.1) is 0 Å². The topological polar surface area (TPSA) is 63.6 Å². The molecule has 1 aromatic heterocycles. The average Bonchev–Trinajstić information content (AvgIpc) is 3.39. The van der Waals surface area contributed by atoms with Gasteiger partial charge in [-0.2, -0.15) is 0 Å². The van der Waals surface area contributed by atoms with E-state index in [0.29, 0.717) is 11.6 Å². The average molecular weight is 374 g/mol. The van der Waals surface area contributed by atoms with Crippen LogP contribution in [-0.4, -0.2) is 22.9 Å². The molecule has 0 amide bonds. The molecule has 0 radical (unpaired) electrons. The fourth-order valence-electron chi connectivity index (χ4n) is 4.03. The molecule has 5 rings (SSSR count). The number of hydrogen-bond donors (Lipinski definition) is 2. The first-order valence-electron chi connectivity index (χ1n) is 9.74. The van der Waals surface area contributed by atoms with Crippen LogP contribution in [0.2, 0.25) is 0 Å². The van der Waals surface area contributed by atoms with Crippen molar-refractivity contribution in [3.63, 3.8) is 0 Å². The van der Waals surface area contributed by atoms with E-state index < -0.39 is 0 Å². The van der Waals surface area contributed by atoms with E-state index in [-0.39, 0.29) is 12.5 Å². The highest BCUT2D eigenvalue weighted by molar-refractivity contribution is 5.80. The van der Waals surface area contributed by atoms with E-state index in [0.717, 1.165) is 47.0 Å². The molecular formula is C23H22N2O3. The maximum atomic E-state index is 10.4. The Hall–Kier alpha value is -3.21. The van der Waals surface area contributed by atoms with Crippen molar-refractivity contribution in [3.05, 3.63) is 54.6 Å². The summed E-state index contributed by atoms with van der Waals surface area (Å²) >= 11 is 0. The van der Waals surface area contributed by atoms with Gasteiger partial charge in [0.05, 0.1) is 5.69 Å². The lowest BCUT2D eigenvalue weighted by Gasteiger charge is -2.16. The molecule has 2 N–H and O–H groups in total. The molecule has 5 heteroatoms. The molecule has 0 bridgehead atoms. The molecule has 2 aromatic carbocycles. The molecule has 0 spiro atoms. The third kappa shape index (κ3) is 3.13. The molecule has 2 aliphatic rings. The zero-order valence-corrected chi connectivity index (χ0v) is 15.5. The summed E-state index contributed by atoms with van der Waals surface area (Å²) in [5.41, 5.74) is 3.39. The zero-order chi connectivity index (χ0) is 18.9. The van der Waals surface area contributed by atoms with Gasteiger partial charge in [0, 0.05) is 17.2 Å². The smallest absolute Gasteiger partial charge is 0.231 e. The lowest BCUT2D eigenvalue weighted by molar-refractivity contribution is 0.174. The molecular weight excluding hydrogens is 352 g/mol. The maximum absolute atomic E-state index is 10.4. The van der Waals surface area contributed by atoms with Gasteiger partial charge < -0.3 is 19.9 Å². The third-order valence-corrected chi connectivity index (χ3v) is 5.42. The number of aromatic hydroxyl groups is 1. The number of aromatic nitrogens is 1. The van der Waals surface area contributed by atoms with E-state index >= 15 is 0 Å². The predicted molar refractivity (Wildman–Crippen MR) is 109 cm³/mol. The van der Waals surface area contributed by atoms with E-state index in [1.165, 1.54) is 12.8 Å². The monoisotopic (exact) mass is 374 g/mol. The zero-order valence-electron chi connectivity index (χ0n) is 15.5. The van der Waals surface area contributed by atoms with Crippen molar-refractivity contribution in [2.75, 3.05) is 12.1 Å². The summed E-state index contributed by atoms with van der Waals surface area (Å²) in [6.45, 7) is 0.233. The highest BCUT2D eigenvalue weighted by Crippen LogP contribution is 2.43. The number of phenols is 1. The summed E-state index contributed by atoms with van der Waals surface area (Å²) in [6.07, 6.45) is 4.83. The highest BCUT2D eigenvalue weighted by Gasteiger charge is 2.21. The maximum Gasteiger partial charge on any atom is 0.231 e. The first kappa shape index (κ1) is 16.9. The van der Waals surface area contributed by atoms with Crippen LogP contribution in [0.3, 0.4) is 0 Å². The Labute approximate surface area is 164 Å². The van der Waals surface area contributed by atoms with Crippen LogP contribution < -0.4 is 14.8 Å². The molecule has 1 saturated carbocycles. The van der Waals surface area contributed by atoms with E-state index in [1.807, 2.05) is 42.5 Å². The van der Waals surface area contributed by atoms with E-state index in [9.17, 15) is 5.11 Å². The molecule has 2 heterocycles. The van der Waals surface area contributed by atoms with Crippen LogP contribution in [0.15, 0.2) is 54.6 Å². The SMILES string of the molecule is Oc1ccccc1-c1cc(-c2cccc3c2OCO3)cc(NC2CCCC2)n1. The van der Waals surface area contributed by atoms with Crippen LogP contribution in [-0.2, 0) is 0 Å². The number of nitrogens with one attached hydrogen (secondary N) is 1. The largest absolute Gasteiger partial charge is 0.507 e. The lowest BCUT2D eigenvalue weighted by Crippen LogP contribution is -2.15. The number of benzene rings is 2. The number of fused-ring (bicyclic) bond motifs is 1. The summed E-state index contributed by atoms with van der Waals surface area (Å²) in [4.78, 5) is 4.80. The Morgan fingerprint density at radius 3 is 2.61 bits per heavy atom. The van der Waals surface area contributed by atoms with E-state index in [4.69, 9.17) is 14.5 Å². The van der Waals surface area contributed by atoms with Crippen LogP contribution in [0.25, 0.3) is 22.4 Å². The molecule has 28 heavy (non-hydrogen) atoms. The van der Waals surface area contributed by atoms with Crippen molar-refractivity contribution in [2.45, 2.75) is 31.7 Å². The quantitative estimate of drug-likeness (QED) is 0.657. The first-order chi connectivity index (χ1) is 13.8. The summed E-state index contributed by atoms with van der Waals surface area (Å²) in [7, 11) is 0. The van der Waals surface area contributed by atoms with Crippen LogP contribution >= 0.6 is 0 Å². The van der Waals surface area contributed by atoms with Crippen LogP contribution in [0.4, 0.5) is 5.82 Å². The first-order valence-corrected chi connectivity index (χ1v) is 9.74. The minimum Gasteiger partial charge on any atom is -0.507 e. The van der Waals surface area contributed by atoms with Gasteiger partial charge in [-0.3, -0.25) is 0 Å². The molecule has 0 atom stereocenters. The van der Waals surface area contributed by atoms with Gasteiger partial charge in [0.2, 0.25) is 6.79 Å². The van der Waals surface area contributed by atoms with Crippen LogP contribution in [0.1, 0.15) is 25.7 Å². The van der Waals surface area contributed by atoms with Crippen molar-refractivity contribution < 1.29 is 14.6 Å². The van der Waals surface area contributed by atoms with Gasteiger partial charge in [0.25, 0.3) is 0 Å². The summed E-state index contributed by atoms with van der Waals surface area (Å²) < 4.78 is 11.3. The van der Waals surface area contributed by atoms with Gasteiger partial charge in [0.1, 0.15) is 11.6 Å². The van der Waals surface area contributed by atoms with Crippen molar-refractivity contribution in [1.82, 2.24) is 4.98 Å². The minimum absolute atomic E-state index is 0.219. The number of para-hydroxylation sites is 2. The van der Waals surface area contributed by atoms with Gasteiger partial charge in [-0.1, -0.05) is 37.1 Å². The second-order valence-electron chi connectivity index (χ2n) is 7.31. The fraction of sp³-hybridized carbons (Fsp3) is 0.261. The van der Waals surface area contributed by atoms with Crippen molar-refractivity contribution in [3.8, 4) is 39.6 Å². The Kier molecular flexibility index (Phi) is 4.28. The molecule has 1 aliphatic carbocycles. The van der Waals surface area contributed by atoms with Crippen molar-refractivity contribution in [2.24, 2.45) is 0 Å². The number of anilines is 1. The van der Waals surface area contributed by atoms with E-state index in [2.05, 4.69) is 11.4 Å². The predicted octanol–water partition coefficient (Wildman–Crippen LogP) is 5.20. The molecule has 5 nitrogen and oxygen atoms in total. The van der Waals surface area contributed by atoms with Crippen LogP contribution in [0.5, 0.6) is 17.2 Å². The number of rotatable bonds is 4. The van der Waals surface area contributed by atoms with Gasteiger partial charge >= 0.3 is 0 Å². The molecule has 3 aromatic rings. The highest BCUT2D eigenvalue weighted by atomic mass is 16.7. The molecule has 1 aliphatic heterocycles. The number of phenolic OH excluding ortho intramolecular Hbond substituents is 1. The Morgan fingerprint density at radius 2 is 1.75 bits per heavy atom. The summed E-state index contributed by atoms with van der Waals surface area (Å²) in [6, 6.07) is 17.7. The molecule has 1 fully saturated rings. The minimum atomic E-state index is 0.219. The number of ether oxygens (including phenoxy) is 2. The Morgan fingerprint density at radius 1 is 0.929 bits per heavy atom. The lowest BCUT2D eigenvalue weighted by atomic mass is 10.0. The van der Waals surface area contributed by atoms with Crippen molar-refractivity contribution >= 4 is 5.82 Å². The second kappa shape index (κ2) is 7.08. The second-order valence-corrected chi connectivity index (χ2v) is 7.31. The molecule has 142 valence electrons. The third-order valence-electron chi connectivity index (χ3n) is 5.42. The molecule has 0 saturated heterocycles. The summed E-state index contributed by atoms with van der Waals surface area (Å²) in [5.74, 6) is 2.54. The standard InChI is InChI=1S/C23H22N2O3/c26-20-10-4-3-8-18(20)19-12-15(13-22(25-19)24-16-6-1-2-7-16)17-9-5-11-21-23(17)28-14-27-21/h3-5,8-13,16,26H,1-2,6-7,14H2,(H,24,25). The number of pyridine rings is 1. The fourth-order valence-corrected chi connectivity index (χ4v) is 4.03. The van der Waals surface area contributed by atoms with Gasteiger partial charge in [-0.25, -0.2) is 4.98 Å². The van der Waals surface area contributed by atoms with Gasteiger partial charge in [-0.05, 0) is 48.7 Å². The number of hydrogen-bond acceptors (Lipinski definition) is 5. The molecule has 0 unspecified atom stereocenters. The van der Waals surface area contributed by atoms with Crippen molar-refractivity contribution in [1.29, 1.82) is 0 Å². The Bertz CT molecular complexity index is 1010. The van der Waals surface area contributed by atoms with Gasteiger partial charge in [-0.15, -0.1) is 0 Å². The Balaban J connectivity index is 1.63. The van der Waals surface area contributed by atoms with E-state index in [1.54, 1.807) is 6.07 Å². The normalized spacial score (nSPS) is 15.7. The van der Waals surface area contributed by atoms with Gasteiger partial charge in [0.15, 0.2) is 11.5 Å².